The number of halogens is 4. The molecule has 1 aromatic rings. The molecule has 0 spiro atoms. The molecule has 0 atom stereocenters. The van der Waals surface area contributed by atoms with E-state index in [2.05, 4.69) is 4.74 Å². The summed E-state index contributed by atoms with van der Waals surface area (Å²) in [5.74, 6) is -1.11. The Morgan fingerprint density at radius 2 is 1.95 bits per heavy atom. The van der Waals surface area contributed by atoms with Gasteiger partial charge >= 0.3 is 11.9 Å². The number of benzene rings is 1. The van der Waals surface area contributed by atoms with E-state index in [4.69, 9.17) is 4.74 Å². The summed E-state index contributed by atoms with van der Waals surface area (Å²) >= 11 is 0. The van der Waals surface area contributed by atoms with Gasteiger partial charge < -0.3 is 9.47 Å². The number of rotatable bonds is 6. The highest BCUT2D eigenvalue weighted by Crippen LogP contribution is 2.27. The van der Waals surface area contributed by atoms with E-state index in [1.807, 2.05) is 0 Å². The van der Waals surface area contributed by atoms with Crippen molar-refractivity contribution in [3.63, 3.8) is 0 Å². The minimum absolute atomic E-state index is 0.361. The van der Waals surface area contributed by atoms with Gasteiger partial charge in [0.05, 0.1) is 11.5 Å². The molecule has 5 nitrogen and oxygen atoms in total. The average Bonchev–Trinajstić information content (AvgIpc) is 2.26. The summed E-state index contributed by atoms with van der Waals surface area (Å²) < 4.78 is 57.1. The normalized spacial score (nSPS) is 11.4. The lowest BCUT2D eigenvalue weighted by Gasteiger charge is -2.09. The molecule has 0 bridgehead atoms. The van der Waals surface area contributed by atoms with Crippen molar-refractivity contribution in [3.8, 4) is 5.75 Å². The Labute approximate surface area is 104 Å². The molecule has 0 saturated heterocycles. The fraction of sp³-hybridized carbons (Fsp3) is 0.400. The van der Waals surface area contributed by atoms with Crippen LogP contribution in [0, 0.1) is 15.9 Å². The number of nitro groups is 1. The van der Waals surface area contributed by atoms with Crippen LogP contribution in [0.1, 0.15) is 0 Å². The van der Waals surface area contributed by atoms with Gasteiger partial charge in [0.15, 0.2) is 5.75 Å². The van der Waals surface area contributed by atoms with Crippen molar-refractivity contribution in [1.82, 2.24) is 0 Å². The number of nitrogens with zero attached hydrogens (tertiary/aromatic N) is 1. The van der Waals surface area contributed by atoms with E-state index in [-0.39, 0.29) is 12.4 Å². The molecule has 0 aromatic heterocycles. The van der Waals surface area contributed by atoms with E-state index in [0.29, 0.717) is 0 Å². The van der Waals surface area contributed by atoms with Crippen molar-refractivity contribution >= 4 is 5.69 Å². The lowest BCUT2D eigenvalue weighted by molar-refractivity contribution is -0.386. The quantitative estimate of drug-likeness (QED) is 0.348. The molecule has 0 aliphatic rings. The van der Waals surface area contributed by atoms with Crippen LogP contribution in [0.15, 0.2) is 18.2 Å². The van der Waals surface area contributed by atoms with Crippen molar-refractivity contribution in [2.45, 2.75) is 6.18 Å². The zero-order chi connectivity index (χ0) is 14.5. The SMILES string of the molecule is O=[N+]([O-])c1ccc(F)cc1OCCOCC(F)(F)F. The first-order valence-corrected chi connectivity index (χ1v) is 5.01. The highest BCUT2D eigenvalue weighted by Gasteiger charge is 2.27. The van der Waals surface area contributed by atoms with Crippen molar-refractivity contribution in [2.24, 2.45) is 0 Å². The third-order valence-electron chi connectivity index (χ3n) is 1.87. The van der Waals surface area contributed by atoms with Crippen LogP contribution < -0.4 is 4.74 Å². The summed E-state index contributed by atoms with van der Waals surface area (Å²) in [7, 11) is 0. The van der Waals surface area contributed by atoms with Gasteiger partial charge in [0, 0.05) is 12.1 Å². The minimum Gasteiger partial charge on any atom is -0.484 e. The van der Waals surface area contributed by atoms with Crippen LogP contribution >= 0.6 is 0 Å². The van der Waals surface area contributed by atoms with Crippen LogP contribution in [0.2, 0.25) is 0 Å². The molecule has 0 unspecified atom stereocenters. The Morgan fingerprint density at radius 1 is 1.26 bits per heavy atom. The van der Waals surface area contributed by atoms with Gasteiger partial charge in [-0.15, -0.1) is 0 Å². The van der Waals surface area contributed by atoms with Gasteiger partial charge in [-0.25, -0.2) is 4.39 Å². The standard InChI is InChI=1S/C10H9F4NO4/c11-7-1-2-8(15(16)17)9(5-7)19-4-3-18-6-10(12,13)14/h1-2,5H,3-4,6H2. The van der Waals surface area contributed by atoms with Gasteiger partial charge in [-0.3, -0.25) is 10.1 Å². The van der Waals surface area contributed by atoms with Crippen molar-refractivity contribution in [2.75, 3.05) is 19.8 Å². The maximum absolute atomic E-state index is 12.9. The Morgan fingerprint density at radius 3 is 2.53 bits per heavy atom. The smallest absolute Gasteiger partial charge is 0.411 e. The van der Waals surface area contributed by atoms with Gasteiger partial charge in [0.2, 0.25) is 0 Å². The second kappa shape index (κ2) is 6.32. The molecule has 106 valence electrons. The molecule has 9 heteroatoms. The van der Waals surface area contributed by atoms with Gasteiger partial charge in [-0.1, -0.05) is 0 Å². The molecular weight excluding hydrogens is 274 g/mol. The zero-order valence-corrected chi connectivity index (χ0v) is 9.45. The van der Waals surface area contributed by atoms with Crippen LogP contribution in [0.25, 0.3) is 0 Å². The van der Waals surface area contributed by atoms with Gasteiger partial charge in [-0.05, 0) is 6.07 Å². The maximum Gasteiger partial charge on any atom is 0.411 e. The summed E-state index contributed by atoms with van der Waals surface area (Å²) in [5, 5.41) is 10.6. The molecule has 0 fully saturated rings. The van der Waals surface area contributed by atoms with Crippen molar-refractivity contribution in [1.29, 1.82) is 0 Å². The molecule has 19 heavy (non-hydrogen) atoms. The molecule has 0 radical (unpaired) electrons. The first kappa shape index (κ1) is 15.2. The summed E-state index contributed by atoms with van der Waals surface area (Å²) in [5.41, 5.74) is -0.475. The molecule has 0 aliphatic heterocycles. The second-order valence-corrected chi connectivity index (χ2v) is 3.39. The molecular formula is C10H9F4NO4. The third-order valence-corrected chi connectivity index (χ3v) is 1.87. The minimum atomic E-state index is -4.45. The summed E-state index contributed by atoms with van der Waals surface area (Å²) in [6.45, 7) is -2.23. The van der Waals surface area contributed by atoms with Crippen LogP contribution in [0.5, 0.6) is 5.75 Å². The highest BCUT2D eigenvalue weighted by atomic mass is 19.4. The average molecular weight is 283 g/mol. The van der Waals surface area contributed by atoms with Crippen LogP contribution in [0.3, 0.4) is 0 Å². The fourth-order valence-electron chi connectivity index (χ4n) is 1.15. The molecule has 0 amide bonds. The monoisotopic (exact) mass is 283 g/mol. The lowest BCUT2D eigenvalue weighted by Crippen LogP contribution is -2.19. The second-order valence-electron chi connectivity index (χ2n) is 3.39. The number of hydrogen-bond donors (Lipinski definition) is 0. The van der Waals surface area contributed by atoms with Gasteiger partial charge in [0.25, 0.3) is 0 Å². The molecule has 0 heterocycles. The van der Waals surface area contributed by atoms with Crippen LogP contribution in [-0.2, 0) is 4.74 Å². The first-order chi connectivity index (χ1) is 8.79. The Bertz CT molecular complexity index is 450. The molecule has 0 aliphatic carbocycles. The molecule has 0 N–H and O–H groups in total. The van der Waals surface area contributed by atoms with E-state index in [0.717, 1.165) is 18.2 Å². The summed E-state index contributed by atoms with van der Waals surface area (Å²) in [6.07, 6.45) is -4.45. The third kappa shape index (κ3) is 5.51. The summed E-state index contributed by atoms with van der Waals surface area (Å²) in [4.78, 5) is 9.79. The van der Waals surface area contributed by atoms with Crippen molar-refractivity contribution in [3.05, 3.63) is 34.1 Å². The van der Waals surface area contributed by atoms with E-state index in [9.17, 15) is 27.7 Å². The van der Waals surface area contributed by atoms with Crippen LogP contribution in [0.4, 0.5) is 23.2 Å². The van der Waals surface area contributed by atoms with Crippen molar-refractivity contribution < 1.29 is 32.0 Å². The van der Waals surface area contributed by atoms with Crippen LogP contribution in [-0.4, -0.2) is 30.9 Å². The largest absolute Gasteiger partial charge is 0.484 e. The predicted molar refractivity (Wildman–Crippen MR) is 55.4 cm³/mol. The lowest BCUT2D eigenvalue weighted by atomic mass is 10.3. The van der Waals surface area contributed by atoms with Gasteiger partial charge in [-0.2, -0.15) is 13.2 Å². The number of nitro benzene ring substituents is 1. The Kier molecular flexibility index (Phi) is 5.04. The highest BCUT2D eigenvalue weighted by molar-refractivity contribution is 5.46. The zero-order valence-electron chi connectivity index (χ0n) is 9.45. The van der Waals surface area contributed by atoms with E-state index < -0.39 is 35.8 Å². The first-order valence-electron chi connectivity index (χ1n) is 5.01. The Hall–Kier alpha value is -1.90. The number of alkyl halides is 3. The molecule has 1 rings (SSSR count). The molecule has 0 saturated carbocycles. The number of hydrogen-bond acceptors (Lipinski definition) is 4. The summed E-state index contributed by atoms with van der Waals surface area (Å²) in [6, 6.07) is 2.56. The Balaban J connectivity index is 2.49. The van der Waals surface area contributed by atoms with E-state index in [1.54, 1.807) is 0 Å². The fourth-order valence-corrected chi connectivity index (χ4v) is 1.15. The topological polar surface area (TPSA) is 61.6 Å². The molecule has 1 aromatic carbocycles. The van der Waals surface area contributed by atoms with E-state index >= 15 is 0 Å². The van der Waals surface area contributed by atoms with E-state index in [1.165, 1.54) is 0 Å². The maximum atomic E-state index is 12.9. The predicted octanol–water partition coefficient (Wildman–Crippen LogP) is 2.69. The number of ether oxygens (including phenoxy) is 2. The van der Waals surface area contributed by atoms with Gasteiger partial charge in [0.1, 0.15) is 19.0 Å².